The molecule has 1 aromatic heterocycles. The smallest absolute Gasteiger partial charge is 0.109 e. The van der Waals surface area contributed by atoms with E-state index >= 15 is 0 Å². The van der Waals surface area contributed by atoms with E-state index in [9.17, 15) is 0 Å². The maximum atomic E-state index is 8.82. The maximum Gasteiger partial charge on any atom is 0.109 e. The average Bonchev–Trinajstić information content (AvgIpc) is 2.66. The van der Waals surface area contributed by atoms with Gasteiger partial charge in [-0.2, -0.15) is 5.26 Å². The van der Waals surface area contributed by atoms with Crippen LogP contribution < -0.4 is 0 Å². The zero-order chi connectivity index (χ0) is 10.3. The van der Waals surface area contributed by atoms with Gasteiger partial charge in [0.25, 0.3) is 0 Å². The fraction of sp³-hybridized carbons (Fsp3) is 0.333. The molecule has 0 atom stereocenters. The second-order valence-corrected chi connectivity index (χ2v) is 3.95. The number of rotatable bonds is 0. The van der Waals surface area contributed by atoms with Crippen molar-refractivity contribution in [3.8, 4) is 6.07 Å². The van der Waals surface area contributed by atoms with Gasteiger partial charge in [0.2, 0.25) is 0 Å². The predicted octanol–water partition coefficient (Wildman–Crippen LogP) is 2.24. The normalized spacial score (nSPS) is 14.9. The van der Waals surface area contributed by atoms with Gasteiger partial charge in [0.1, 0.15) is 5.82 Å². The van der Waals surface area contributed by atoms with Crippen LogP contribution in [0.25, 0.3) is 11.0 Å². The molecule has 3 rings (SSSR count). The summed E-state index contributed by atoms with van der Waals surface area (Å²) in [5.41, 5.74) is 2.83. The fourth-order valence-corrected chi connectivity index (χ4v) is 2.24. The lowest BCUT2D eigenvalue weighted by molar-refractivity contribution is 0.533. The van der Waals surface area contributed by atoms with Crippen LogP contribution in [0.3, 0.4) is 0 Å². The first-order chi connectivity index (χ1) is 7.38. The van der Waals surface area contributed by atoms with Crippen LogP contribution in [0.5, 0.6) is 0 Å². The van der Waals surface area contributed by atoms with E-state index in [2.05, 4.69) is 15.6 Å². The van der Waals surface area contributed by atoms with Gasteiger partial charge in [-0.3, -0.25) is 0 Å². The van der Waals surface area contributed by atoms with Crippen LogP contribution in [0, 0.1) is 11.3 Å². The first-order valence-electron chi connectivity index (χ1n) is 5.28. The summed E-state index contributed by atoms with van der Waals surface area (Å²) in [6.07, 6.45) is 3.53. The lowest BCUT2D eigenvalue weighted by Gasteiger charge is -2.13. The Hall–Kier alpha value is -1.82. The number of aryl methyl sites for hydroxylation is 2. The molecule has 0 bridgehead atoms. The van der Waals surface area contributed by atoms with Gasteiger partial charge >= 0.3 is 0 Å². The van der Waals surface area contributed by atoms with Crippen LogP contribution in [-0.4, -0.2) is 9.55 Å². The summed E-state index contributed by atoms with van der Waals surface area (Å²) in [4.78, 5) is 4.57. The number of nitrogens with zero attached hydrogens (tertiary/aromatic N) is 3. The highest BCUT2D eigenvalue weighted by Gasteiger charge is 2.14. The minimum absolute atomic E-state index is 0.693. The zero-order valence-corrected chi connectivity index (χ0v) is 8.40. The molecule has 0 unspecified atom stereocenters. The van der Waals surface area contributed by atoms with Gasteiger partial charge in [0.05, 0.1) is 22.7 Å². The summed E-state index contributed by atoms with van der Waals surface area (Å²) >= 11 is 0. The molecule has 0 spiro atoms. The molecule has 3 nitrogen and oxygen atoms in total. The molecule has 0 fully saturated rings. The van der Waals surface area contributed by atoms with Crippen molar-refractivity contribution in [3.63, 3.8) is 0 Å². The number of aromatic nitrogens is 2. The number of hydrogen-bond acceptors (Lipinski definition) is 2. The SMILES string of the molecule is N#Cc1ccc2c(c1)nc1n2CCCC1. The van der Waals surface area contributed by atoms with E-state index in [1.807, 2.05) is 18.2 Å². The van der Waals surface area contributed by atoms with Crippen molar-refractivity contribution in [2.45, 2.75) is 25.8 Å². The van der Waals surface area contributed by atoms with E-state index < -0.39 is 0 Å². The van der Waals surface area contributed by atoms with E-state index in [1.54, 1.807) is 0 Å². The molecular formula is C12H11N3. The highest BCUT2D eigenvalue weighted by Crippen LogP contribution is 2.22. The third kappa shape index (κ3) is 1.22. The molecule has 3 heteroatoms. The van der Waals surface area contributed by atoms with Crippen molar-refractivity contribution in [1.29, 1.82) is 5.26 Å². The van der Waals surface area contributed by atoms with E-state index in [-0.39, 0.29) is 0 Å². The molecule has 0 radical (unpaired) electrons. The number of fused-ring (bicyclic) bond motifs is 3. The molecule has 74 valence electrons. The Morgan fingerprint density at radius 1 is 1.33 bits per heavy atom. The van der Waals surface area contributed by atoms with Gasteiger partial charge in [-0.1, -0.05) is 0 Å². The van der Waals surface area contributed by atoms with Crippen molar-refractivity contribution in [1.82, 2.24) is 9.55 Å². The summed E-state index contributed by atoms with van der Waals surface area (Å²) in [6, 6.07) is 7.90. The number of imidazole rings is 1. The molecule has 2 aromatic rings. The Kier molecular flexibility index (Phi) is 1.75. The number of benzene rings is 1. The summed E-state index contributed by atoms with van der Waals surface area (Å²) in [7, 11) is 0. The van der Waals surface area contributed by atoms with Crippen LogP contribution in [0.1, 0.15) is 24.2 Å². The summed E-state index contributed by atoms with van der Waals surface area (Å²) in [5.74, 6) is 1.17. The third-order valence-corrected chi connectivity index (χ3v) is 2.99. The third-order valence-electron chi connectivity index (χ3n) is 2.99. The van der Waals surface area contributed by atoms with Crippen molar-refractivity contribution < 1.29 is 0 Å². The second kappa shape index (κ2) is 3.09. The maximum absolute atomic E-state index is 8.82. The van der Waals surface area contributed by atoms with Crippen molar-refractivity contribution in [2.24, 2.45) is 0 Å². The minimum Gasteiger partial charge on any atom is -0.328 e. The quantitative estimate of drug-likeness (QED) is 0.650. The second-order valence-electron chi connectivity index (χ2n) is 3.95. The molecule has 0 amide bonds. The molecule has 15 heavy (non-hydrogen) atoms. The highest BCUT2D eigenvalue weighted by atomic mass is 15.1. The van der Waals surface area contributed by atoms with Gasteiger partial charge in [-0.15, -0.1) is 0 Å². The Morgan fingerprint density at radius 2 is 2.27 bits per heavy atom. The molecule has 0 saturated carbocycles. The van der Waals surface area contributed by atoms with Crippen LogP contribution in [0.4, 0.5) is 0 Å². The molecular weight excluding hydrogens is 186 g/mol. The van der Waals surface area contributed by atoms with E-state index in [4.69, 9.17) is 5.26 Å². The van der Waals surface area contributed by atoms with Crippen LogP contribution in [0.15, 0.2) is 18.2 Å². The summed E-state index contributed by atoms with van der Waals surface area (Å²) in [5, 5.41) is 8.82. The predicted molar refractivity (Wildman–Crippen MR) is 57.4 cm³/mol. The standard InChI is InChI=1S/C12H11N3/c13-8-9-4-5-11-10(7-9)14-12-3-1-2-6-15(11)12/h4-5,7H,1-3,6H2. The van der Waals surface area contributed by atoms with Crippen LogP contribution in [-0.2, 0) is 13.0 Å². The largest absolute Gasteiger partial charge is 0.328 e. The average molecular weight is 197 g/mol. The molecule has 1 aromatic carbocycles. The zero-order valence-electron chi connectivity index (χ0n) is 8.40. The molecule has 1 aliphatic heterocycles. The first kappa shape index (κ1) is 8.49. The van der Waals surface area contributed by atoms with Crippen LogP contribution in [0.2, 0.25) is 0 Å². The van der Waals surface area contributed by atoms with Crippen molar-refractivity contribution >= 4 is 11.0 Å². The molecule has 0 saturated heterocycles. The lowest BCUT2D eigenvalue weighted by atomic mass is 10.1. The van der Waals surface area contributed by atoms with E-state index in [1.165, 1.54) is 24.2 Å². The van der Waals surface area contributed by atoms with Crippen molar-refractivity contribution in [3.05, 3.63) is 29.6 Å². The van der Waals surface area contributed by atoms with Crippen LogP contribution >= 0.6 is 0 Å². The molecule has 1 aliphatic rings. The van der Waals surface area contributed by atoms with E-state index in [0.717, 1.165) is 18.5 Å². The highest BCUT2D eigenvalue weighted by molar-refractivity contribution is 5.77. The Bertz CT molecular complexity index is 560. The molecule has 0 aliphatic carbocycles. The Labute approximate surface area is 88.0 Å². The van der Waals surface area contributed by atoms with Gasteiger partial charge in [0.15, 0.2) is 0 Å². The summed E-state index contributed by atoms with van der Waals surface area (Å²) < 4.78 is 2.28. The van der Waals surface area contributed by atoms with E-state index in [0.29, 0.717) is 5.56 Å². The lowest BCUT2D eigenvalue weighted by Crippen LogP contribution is -2.09. The van der Waals surface area contributed by atoms with Gasteiger partial charge in [-0.25, -0.2) is 4.98 Å². The van der Waals surface area contributed by atoms with Gasteiger partial charge in [0, 0.05) is 13.0 Å². The van der Waals surface area contributed by atoms with Gasteiger partial charge < -0.3 is 4.57 Å². The number of hydrogen-bond donors (Lipinski definition) is 0. The molecule has 0 N–H and O–H groups in total. The van der Waals surface area contributed by atoms with Crippen molar-refractivity contribution in [2.75, 3.05) is 0 Å². The topological polar surface area (TPSA) is 41.6 Å². The Balaban J connectivity index is 2.28. The van der Waals surface area contributed by atoms with Gasteiger partial charge in [-0.05, 0) is 31.0 Å². The Morgan fingerprint density at radius 3 is 3.13 bits per heavy atom. The first-order valence-corrected chi connectivity index (χ1v) is 5.28. The molecule has 2 heterocycles. The summed E-state index contributed by atoms with van der Waals surface area (Å²) in [6.45, 7) is 1.07. The minimum atomic E-state index is 0.693. The number of nitriles is 1. The monoisotopic (exact) mass is 197 g/mol. The fourth-order valence-electron chi connectivity index (χ4n) is 2.24.